The van der Waals surface area contributed by atoms with Crippen molar-refractivity contribution in [3.05, 3.63) is 71.1 Å². The number of amides is 1. The van der Waals surface area contributed by atoms with Crippen molar-refractivity contribution >= 4 is 12.1 Å². The van der Waals surface area contributed by atoms with Crippen LogP contribution < -0.4 is 4.74 Å². The number of pyridine rings is 1. The van der Waals surface area contributed by atoms with Gasteiger partial charge in [0, 0.05) is 43.2 Å². The van der Waals surface area contributed by atoms with Crippen LogP contribution in [0.25, 0.3) is 0 Å². The van der Waals surface area contributed by atoms with Crippen LogP contribution in [0.4, 0.5) is 8.78 Å². The third-order valence-electron chi connectivity index (χ3n) is 6.73. The molecular formula is C25H26F2N4O2. The smallest absolute Gasteiger partial charge is 0.254 e. The van der Waals surface area contributed by atoms with E-state index >= 15 is 0 Å². The monoisotopic (exact) mass is 452 g/mol. The van der Waals surface area contributed by atoms with E-state index in [9.17, 15) is 13.6 Å². The van der Waals surface area contributed by atoms with Crippen LogP contribution in [0.2, 0.25) is 0 Å². The molecule has 0 N–H and O–H groups in total. The van der Waals surface area contributed by atoms with Crippen LogP contribution >= 0.6 is 0 Å². The minimum Gasteiger partial charge on any atom is -0.472 e. The number of carbonyl (C=O) groups is 1. The van der Waals surface area contributed by atoms with Crippen molar-refractivity contribution < 1.29 is 18.3 Å². The van der Waals surface area contributed by atoms with Crippen molar-refractivity contribution in [1.82, 2.24) is 14.8 Å². The number of carbonyl (C=O) groups excluding carboxylic acids is 1. The molecule has 4 unspecified atom stereocenters. The van der Waals surface area contributed by atoms with Crippen LogP contribution in [0.5, 0.6) is 5.88 Å². The van der Waals surface area contributed by atoms with Gasteiger partial charge in [-0.25, -0.2) is 13.8 Å². The number of piperidine rings is 2. The summed E-state index contributed by atoms with van der Waals surface area (Å²) in [5.74, 6) is -0.439. The standard InChI is InChI=1S/C25H26F2N4O2/c1-15-6-9-22(28-11-15)33-21-10-16-7-8-20(21)31(13-16)25(32)18-4-3-5-19(27)23(18)24-29-12-17(26)14-30(24)2/h3-6,9,11-12,14,16,20-21,24H,7-8,10,13H2,1-2H3. The van der Waals surface area contributed by atoms with E-state index in [0.29, 0.717) is 18.3 Å². The molecule has 0 radical (unpaired) electrons. The molecule has 0 spiro atoms. The lowest BCUT2D eigenvalue weighted by Crippen LogP contribution is -2.59. The lowest BCUT2D eigenvalue weighted by atomic mass is 9.77. The summed E-state index contributed by atoms with van der Waals surface area (Å²) in [6.07, 6.45) is 5.82. The Kier molecular flexibility index (Phi) is 5.60. The number of hydrogen-bond donors (Lipinski definition) is 0. The van der Waals surface area contributed by atoms with Gasteiger partial charge in [0.15, 0.2) is 5.83 Å². The predicted octanol–water partition coefficient (Wildman–Crippen LogP) is 4.43. The number of fused-ring (bicyclic) bond motifs is 3. The second kappa shape index (κ2) is 8.57. The van der Waals surface area contributed by atoms with Crippen molar-refractivity contribution in [2.45, 2.75) is 44.5 Å². The molecule has 4 heterocycles. The van der Waals surface area contributed by atoms with Gasteiger partial charge in [-0.2, -0.15) is 0 Å². The number of aromatic nitrogens is 1. The maximum Gasteiger partial charge on any atom is 0.254 e. The number of halogens is 2. The van der Waals surface area contributed by atoms with Crippen molar-refractivity contribution in [3.8, 4) is 5.88 Å². The summed E-state index contributed by atoms with van der Waals surface area (Å²) in [5, 5.41) is 0. The quantitative estimate of drug-likeness (QED) is 0.689. The third-order valence-corrected chi connectivity index (χ3v) is 6.73. The molecule has 4 atom stereocenters. The highest BCUT2D eigenvalue weighted by molar-refractivity contribution is 5.96. The summed E-state index contributed by atoms with van der Waals surface area (Å²) in [7, 11) is 1.61. The number of aryl methyl sites for hydroxylation is 1. The largest absolute Gasteiger partial charge is 0.472 e. The molecule has 3 aliphatic heterocycles. The highest BCUT2D eigenvalue weighted by Crippen LogP contribution is 2.39. The van der Waals surface area contributed by atoms with E-state index in [2.05, 4.69) is 9.98 Å². The van der Waals surface area contributed by atoms with Gasteiger partial charge in [0.05, 0.1) is 12.3 Å². The van der Waals surface area contributed by atoms with Gasteiger partial charge in [-0.05, 0) is 49.8 Å². The second-order valence-electron chi connectivity index (χ2n) is 9.07. The molecule has 3 fully saturated rings. The highest BCUT2D eigenvalue weighted by atomic mass is 19.1. The van der Waals surface area contributed by atoms with E-state index in [-0.39, 0.29) is 29.2 Å². The Hall–Kier alpha value is -3.29. The summed E-state index contributed by atoms with van der Waals surface area (Å²) in [5.41, 5.74) is 1.46. The lowest BCUT2D eigenvalue weighted by Gasteiger charge is -2.49. The molecule has 172 valence electrons. The SMILES string of the molecule is Cc1ccc(OC2CC3CCC2N(C(=O)c2cccc(F)c2C2N=CC(F)=CN2C)C3)nc1. The zero-order valence-electron chi connectivity index (χ0n) is 18.6. The molecule has 33 heavy (non-hydrogen) atoms. The van der Waals surface area contributed by atoms with Crippen molar-refractivity contribution in [2.24, 2.45) is 10.9 Å². The average molecular weight is 453 g/mol. The first-order chi connectivity index (χ1) is 15.9. The highest BCUT2D eigenvalue weighted by Gasteiger charge is 2.45. The topological polar surface area (TPSA) is 58.0 Å². The molecule has 4 aliphatic rings. The van der Waals surface area contributed by atoms with Crippen LogP contribution in [0.3, 0.4) is 0 Å². The Balaban J connectivity index is 1.43. The zero-order chi connectivity index (χ0) is 23.1. The van der Waals surface area contributed by atoms with Gasteiger partial charge in [-0.15, -0.1) is 0 Å². The summed E-state index contributed by atoms with van der Waals surface area (Å²) in [6, 6.07) is 8.13. The van der Waals surface area contributed by atoms with E-state index in [4.69, 9.17) is 4.74 Å². The van der Waals surface area contributed by atoms with Gasteiger partial charge in [0.25, 0.3) is 5.91 Å². The molecule has 1 saturated carbocycles. The van der Waals surface area contributed by atoms with Gasteiger partial charge < -0.3 is 14.5 Å². The number of benzene rings is 1. The normalized spacial score (nSPS) is 26.4. The van der Waals surface area contributed by atoms with Gasteiger partial charge in [0.2, 0.25) is 5.88 Å². The fourth-order valence-corrected chi connectivity index (χ4v) is 5.14. The van der Waals surface area contributed by atoms with E-state index < -0.39 is 17.8 Å². The molecule has 2 aromatic rings. The van der Waals surface area contributed by atoms with E-state index in [1.54, 1.807) is 19.3 Å². The maximum absolute atomic E-state index is 15.0. The van der Waals surface area contributed by atoms with Gasteiger partial charge in [0.1, 0.15) is 18.1 Å². The van der Waals surface area contributed by atoms with E-state index in [1.165, 1.54) is 23.2 Å². The van der Waals surface area contributed by atoms with Gasteiger partial charge >= 0.3 is 0 Å². The Labute approximate surface area is 191 Å². The zero-order valence-corrected chi connectivity index (χ0v) is 18.6. The number of ether oxygens (including phenoxy) is 1. The predicted molar refractivity (Wildman–Crippen MR) is 120 cm³/mol. The molecule has 8 heteroatoms. The van der Waals surface area contributed by atoms with Gasteiger partial charge in [-0.1, -0.05) is 12.1 Å². The molecular weight excluding hydrogens is 426 g/mol. The Morgan fingerprint density at radius 3 is 2.76 bits per heavy atom. The number of allylic oxidation sites excluding steroid dienone is 1. The average Bonchev–Trinajstić information content (AvgIpc) is 2.81. The Morgan fingerprint density at radius 2 is 2.03 bits per heavy atom. The minimum atomic E-state index is -0.810. The van der Waals surface area contributed by atoms with Crippen LogP contribution in [-0.4, -0.2) is 52.6 Å². The van der Waals surface area contributed by atoms with Crippen LogP contribution in [0.1, 0.15) is 46.9 Å². The first kappa shape index (κ1) is 21.6. The molecule has 1 aliphatic carbocycles. The van der Waals surface area contributed by atoms with Crippen molar-refractivity contribution in [3.63, 3.8) is 0 Å². The Bertz CT molecular complexity index is 1120. The minimum absolute atomic E-state index is 0.119. The van der Waals surface area contributed by atoms with Gasteiger partial charge in [-0.3, -0.25) is 9.79 Å². The van der Waals surface area contributed by atoms with E-state index in [0.717, 1.165) is 31.0 Å². The molecule has 6 nitrogen and oxygen atoms in total. The van der Waals surface area contributed by atoms with Crippen molar-refractivity contribution in [2.75, 3.05) is 13.6 Å². The number of aliphatic imine (C=N–C) groups is 1. The van der Waals surface area contributed by atoms with E-state index in [1.807, 2.05) is 24.0 Å². The first-order valence-corrected chi connectivity index (χ1v) is 11.2. The van der Waals surface area contributed by atoms with Crippen LogP contribution in [-0.2, 0) is 0 Å². The third kappa shape index (κ3) is 4.10. The molecule has 1 aromatic carbocycles. The number of hydrogen-bond acceptors (Lipinski definition) is 5. The summed E-state index contributed by atoms with van der Waals surface area (Å²) in [6.45, 7) is 2.58. The molecule has 1 aromatic heterocycles. The summed E-state index contributed by atoms with van der Waals surface area (Å²) >= 11 is 0. The first-order valence-electron chi connectivity index (χ1n) is 11.2. The second-order valence-corrected chi connectivity index (χ2v) is 9.07. The fraction of sp³-hybridized carbons (Fsp3) is 0.400. The fourth-order valence-electron chi connectivity index (χ4n) is 5.14. The van der Waals surface area contributed by atoms with Crippen molar-refractivity contribution in [1.29, 1.82) is 0 Å². The summed E-state index contributed by atoms with van der Waals surface area (Å²) in [4.78, 5) is 25.5. The molecule has 2 bridgehead atoms. The Morgan fingerprint density at radius 1 is 1.18 bits per heavy atom. The van der Waals surface area contributed by atoms with Crippen LogP contribution in [0.15, 0.2) is 53.5 Å². The maximum atomic E-state index is 15.0. The lowest BCUT2D eigenvalue weighted by molar-refractivity contribution is -0.0314. The summed E-state index contributed by atoms with van der Waals surface area (Å²) < 4.78 is 34.8. The molecule has 2 saturated heterocycles. The molecule has 6 rings (SSSR count). The number of nitrogens with zero attached hydrogens (tertiary/aromatic N) is 4. The molecule has 1 amide bonds. The van der Waals surface area contributed by atoms with Crippen LogP contribution in [0, 0.1) is 18.7 Å². The number of rotatable bonds is 4.